The molecule has 0 bridgehead atoms. The Hall–Kier alpha value is -4.45. The van der Waals surface area contributed by atoms with Crippen molar-refractivity contribution in [2.75, 3.05) is 39.3 Å². The van der Waals surface area contributed by atoms with E-state index in [-0.39, 0.29) is 40.6 Å². The Bertz CT molecular complexity index is 1640. The summed E-state index contributed by atoms with van der Waals surface area (Å²) in [6.07, 6.45) is 3.85. The predicted octanol–water partition coefficient (Wildman–Crippen LogP) is 4.70. The molecule has 0 heterocycles. The Morgan fingerprint density at radius 1 is 0.870 bits per heavy atom. The van der Waals surface area contributed by atoms with Crippen molar-refractivity contribution >= 4 is 27.5 Å². The SMILES string of the molecule is COc1ccc(OC)c(N(CC(=O)N(Cc2cccc(C)c2)[C@@H](C)C(=O)NC2CCCC2)S(=O)(=O)c2ccc(OC)c(OC)c2)c1. The quantitative estimate of drug-likeness (QED) is 0.266. The standard InChI is InChI=1S/C34H43N3O8S/c1-23-10-9-11-25(18-23)21-36(24(2)34(39)35-26-12-7-8-13-26)33(38)22-37(29-19-27(42-3)14-16-30(29)43-4)46(40,41)28-15-17-31(44-5)32(20-28)45-6/h9-11,14-20,24,26H,7-8,12-13,21-22H2,1-6H3,(H,35,39)/t24-/m0/s1. The first-order chi connectivity index (χ1) is 22.0. The molecule has 12 heteroatoms. The van der Waals surface area contributed by atoms with Crippen LogP contribution in [0.2, 0.25) is 0 Å². The second-order valence-electron chi connectivity index (χ2n) is 11.2. The van der Waals surface area contributed by atoms with Crippen LogP contribution in [0.4, 0.5) is 5.69 Å². The second kappa shape index (κ2) is 15.2. The molecule has 0 aliphatic heterocycles. The van der Waals surface area contributed by atoms with E-state index in [4.69, 9.17) is 18.9 Å². The van der Waals surface area contributed by atoms with Gasteiger partial charge in [-0.05, 0) is 56.5 Å². The summed E-state index contributed by atoms with van der Waals surface area (Å²) in [5.74, 6) is 0.234. The van der Waals surface area contributed by atoms with Gasteiger partial charge in [0.15, 0.2) is 11.5 Å². The van der Waals surface area contributed by atoms with E-state index in [2.05, 4.69) is 5.32 Å². The van der Waals surface area contributed by atoms with Crippen LogP contribution in [-0.4, -0.2) is 72.2 Å². The molecule has 1 N–H and O–H groups in total. The Labute approximate surface area is 271 Å². The third-order valence-corrected chi connectivity index (χ3v) is 9.94. The highest BCUT2D eigenvalue weighted by atomic mass is 32.2. The van der Waals surface area contributed by atoms with Crippen molar-refractivity contribution in [3.05, 3.63) is 71.8 Å². The number of rotatable bonds is 14. The molecule has 1 saturated carbocycles. The number of methoxy groups -OCH3 is 4. The van der Waals surface area contributed by atoms with Gasteiger partial charge in [0.1, 0.15) is 24.1 Å². The maximum atomic E-state index is 14.4. The summed E-state index contributed by atoms with van der Waals surface area (Å²) in [6.45, 7) is 3.07. The highest BCUT2D eigenvalue weighted by Crippen LogP contribution is 2.38. The number of hydrogen-bond donors (Lipinski definition) is 1. The molecule has 248 valence electrons. The fraction of sp³-hybridized carbons (Fsp3) is 0.412. The van der Waals surface area contributed by atoms with Crippen molar-refractivity contribution in [1.29, 1.82) is 0 Å². The molecule has 1 fully saturated rings. The minimum absolute atomic E-state index is 0.0499. The van der Waals surface area contributed by atoms with Crippen molar-refractivity contribution in [2.45, 2.75) is 63.1 Å². The molecule has 1 aliphatic rings. The lowest BCUT2D eigenvalue weighted by atomic mass is 10.1. The van der Waals surface area contributed by atoms with E-state index in [1.54, 1.807) is 19.1 Å². The van der Waals surface area contributed by atoms with Gasteiger partial charge in [0, 0.05) is 24.7 Å². The molecular formula is C34H43N3O8S. The van der Waals surface area contributed by atoms with Gasteiger partial charge in [-0.2, -0.15) is 0 Å². The van der Waals surface area contributed by atoms with Crippen LogP contribution in [0, 0.1) is 6.92 Å². The molecule has 11 nitrogen and oxygen atoms in total. The Kier molecular flexibility index (Phi) is 11.4. The lowest BCUT2D eigenvalue weighted by Gasteiger charge is -2.33. The van der Waals surface area contributed by atoms with Gasteiger partial charge in [-0.15, -0.1) is 0 Å². The maximum absolute atomic E-state index is 14.4. The number of aryl methyl sites for hydroxylation is 1. The number of hydrogen-bond acceptors (Lipinski definition) is 8. The van der Waals surface area contributed by atoms with Gasteiger partial charge in [-0.3, -0.25) is 13.9 Å². The van der Waals surface area contributed by atoms with Crippen molar-refractivity contribution < 1.29 is 37.0 Å². The van der Waals surface area contributed by atoms with Crippen molar-refractivity contribution in [1.82, 2.24) is 10.2 Å². The third kappa shape index (κ3) is 7.85. The van der Waals surface area contributed by atoms with Crippen LogP contribution < -0.4 is 28.6 Å². The molecule has 0 spiro atoms. The summed E-state index contributed by atoms with van der Waals surface area (Å²) in [7, 11) is 1.29. The number of benzene rings is 3. The van der Waals surface area contributed by atoms with E-state index in [0.717, 1.165) is 41.1 Å². The molecule has 0 aromatic heterocycles. The van der Waals surface area contributed by atoms with Crippen molar-refractivity contribution in [3.8, 4) is 23.0 Å². The average molecular weight is 654 g/mol. The van der Waals surface area contributed by atoms with Crippen molar-refractivity contribution in [2.24, 2.45) is 0 Å². The number of anilines is 1. The number of amides is 2. The number of carbonyl (C=O) groups excluding carboxylic acids is 2. The number of nitrogens with zero attached hydrogens (tertiary/aromatic N) is 2. The van der Waals surface area contributed by atoms with E-state index in [0.29, 0.717) is 11.5 Å². The maximum Gasteiger partial charge on any atom is 0.265 e. The zero-order valence-electron chi connectivity index (χ0n) is 27.2. The monoisotopic (exact) mass is 653 g/mol. The van der Waals surface area contributed by atoms with Gasteiger partial charge in [0.05, 0.1) is 39.0 Å². The minimum Gasteiger partial charge on any atom is -0.497 e. The van der Waals surface area contributed by atoms with Gasteiger partial charge >= 0.3 is 0 Å². The largest absolute Gasteiger partial charge is 0.497 e. The van der Waals surface area contributed by atoms with Gasteiger partial charge < -0.3 is 29.2 Å². The molecule has 0 unspecified atom stereocenters. The van der Waals surface area contributed by atoms with Crippen LogP contribution in [-0.2, 0) is 26.2 Å². The molecule has 0 saturated heterocycles. The van der Waals surface area contributed by atoms with Crippen LogP contribution in [0.5, 0.6) is 23.0 Å². The molecule has 4 rings (SSSR count). The van der Waals surface area contributed by atoms with Crippen LogP contribution in [0.25, 0.3) is 0 Å². The Morgan fingerprint density at radius 3 is 2.17 bits per heavy atom. The van der Waals surface area contributed by atoms with Crippen molar-refractivity contribution in [3.63, 3.8) is 0 Å². The van der Waals surface area contributed by atoms with Crippen LogP contribution in [0.15, 0.2) is 65.6 Å². The fourth-order valence-corrected chi connectivity index (χ4v) is 7.02. The van der Waals surface area contributed by atoms with Gasteiger partial charge in [0.25, 0.3) is 10.0 Å². The first-order valence-corrected chi connectivity index (χ1v) is 16.6. The molecule has 1 atom stereocenters. The summed E-state index contributed by atoms with van der Waals surface area (Å²) < 4.78 is 51.5. The molecule has 3 aromatic carbocycles. The summed E-state index contributed by atoms with van der Waals surface area (Å²) in [5, 5.41) is 3.08. The van der Waals surface area contributed by atoms with Gasteiger partial charge in [0.2, 0.25) is 11.8 Å². The number of nitrogens with one attached hydrogen (secondary N) is 1. The topological polar surface area (TPSA) is 124 Å². The van der Waals surface area contributed by atoms with E-state index in [9.17, 15) is 18.0 Å². The molecule has 46 heavy (non-hydrogen) atoms. The predicted molar refractivity (Wildman–Crippen MR) is 175 cm³/mol. The number of carbonyl (C=O) groups is 2. The van der Waals surface area contributed by atoms with E-state index in [1.807, 2.05) is 31.2 Å². The summed E-state index contributed by atoms with van der Waals surface area (Å²) in [6, 6.07) is 15.7. The zero-order chi connectivity index (χ0) is 33.4. The molecular weight excluding hydrogens is 610 g/mol. The average Bonchev–Trinajstić information content (AvgIpc) is 3.57. The molecule has 3 aromatic rings. The first kappa shape index (κ1) is 34.4. The highest BCUT2D eigenvalue weighted by Gasteiger charge is 2.35. The third-order valence-electron chi connectivity index (χ3n) is 8.18. The van der Waals surface area contributed by atoms with Crippen LogP contribution >= 0.6 is 0 Å². The molecule has 2 amide bonds. The lowest BCUT2D eigenvalue weighted by Crippen LogP contribution is -2.52. The lowest BCUT2D eigenvalue weighted by molar-refractivity contribution is -0.139. The Morgan fingerprint density at radius 2 is 1.54 bits per heavy atom. The smallest absolute Gasteiger partial charge is 0.265 e. The summed E-state index contributed by atoms with van der Waals surface area (Å²) >= 11 is 0. The minimum atomic E-state index is -4.43. The normalized spacial score (nSPS) is 13.9. The highest BCUT2D eigenvalue weighted by molar-refractivity contribution is 7.92. The number of sulfonamides is 1. The van der Waals surface area contributed by atoms with E-state index in [1.165, 1.54) is 57.6 Å². The molecule has 0 radical (unpaired) electrons. The molecule has 1 aliphatic carbocycles. The van der Waals surface area contributed by atoms with E-state index >= 15 is 0 Å². The van der Waals surface area contributed by atoms with Crippen LogP contribution in [0.1, 0.15) is 43.7 Å². The van der Waals surface area contributed by atoms with Crippen LogP contribution in [0.3, 0.4) is 0 Å². The fourth-order valence-electron chi connectivity index (χ4n) is 5.59. The zero-order valence-corrected chi connectivity index (χ0v) is 28.1. The van der Waals surface area contributed by atoms with Gasteiger partial charge in [-0.1, -0.05) is 42.7 Å². The van der Waals surface area contributed by atoms with Gasteiger partial charge in [-0.25, -0.2) is 8.42 Å². The second-order valence-corrected chi connectivity index (χ2v) is 13.1. The summed E-state index contributed by atoms with van der Waals surface area (Å²) in [5.41, 5.74) is 1.89. The number of ether oxygens (including phenoxy) is 4. The Balaban J connectivity index is 1.79. The summed E-state index contributed by atoms with van der Waals surface area (Å²) in [4.78, 5) is 29.2. The first-order valence-electron chi connectivity index (χ1n) is 15.1. The van der Waals surface area contributed by atoms with E-state index < -0.39 is 28.5 Å².